The number of methoxy groups -OCH3 is 1. The molecule has 5 heteroatoms. The van der Waals surface area contributed by atoms with Crippen LogP contribution in [0, 0.1) is 9.49 Å². The zero-order chi connectivity index (χ0) is 15.5. The summed E-state index contributed by atoms with van der Waals surface area (Å²) in [6.45, 7) is 4.45. The van der Waals surface area contributed by atoms with E-state index in [9.17, 15) is 0 Å². The van der Waals surface area contributed by atoms with Gasteiger partial charge in [-0.1, -0.05) is 33.1 Å². The SMILES string of the molecule is CNc1nc(C2(OC)CCCCC2)nc(CC(C)C)c1I. The molecular weight excluding hydrogens is 377 g/mol. The molecule has 0 radical (unpaired) electrons. The highest BCUT2D eigenvalue weighted by atomic mass is 127. The van der Waals surface area contributed by atoms with Crippen molar-refractivity contribution in [2.45, 2.75) is 58.0 Å². The molecule has 21 heavy (non-hydrogen) atoms. The van der Waals surface area contributed by atoms with Crippen LogP contribution >= 0.6 is 22.6 Å². The van der Waals surface area contributed by atoms with Gasteiger partial charge in [0.25, 0.3) is 0 Å². The number of hydrogen-bond acceptors (Lipinski definition) is 4. The van der Waals surface area contributed by atoms with E-state index in [2.05, 4.69) is 41.8 Å². The Hall–Kier alpha value is -0.430. The van der Waals surface area contributed by atoms with Crippen LogP contribution in [0.2, 0.25) is 0 Å². The largest absolute Gasteiger partial charge is 0.372 e. The molecule has 1 fully saturated rings. The number of aromatic nitrogens is 2. The summed E-state index contributed by atoms with van der Waals surface area (Å²) in [5.74, 6) is 2.37. The lowest BCUT2D eigenvalue weighted by atomic mass is 9.83. The summed E-state index contributed by atoms with van der Waals surface area (Å²) in [7, 11) is 3.72. The van der Waals surface area contributed by atoms with Gasteiger partial charge in [0.15, 0.2) is 5.82 Å². The summed E-state index contributed by atoms with van der Waals surface area (Å²) in [6.07, 6.45) is 6.69. The molecule has 1 aromatic heterocycles. The predicted octanol–water partition coefficient (Wildman–Crippen LogP) is 4.13. The Balaban J connectivity index is 2.46. The Kier molecular flexibility index (Phi) is 5.82. The summed E-state index contributed by atoms with van der Waals surface area (Å²) in [6, 6.07) is 0. The second-order valence-electron chi connectivity index (χ2n) is 6.26. The maximum absolute atomic E-state index is 5.91. The first-order chi connectivity index (χ1) is 10.0. The van der Waals surface area contributed by atoms with E-state index < -0.39 is 0 Å². The molecule has 0 aromatic carbocycles. The Morgan fingerprint density at radius 3 is 2.43 bits per heavy atom. The Morgan fingerprint density at radius 2 is 1.90 bits per heavy atom. The van der Waals surface area contributed by atoms with E-state index in [4.69, 9.17) is 14.7 Å². The molecule has 0 amide bonds. The molecule has 4 nitrogen and oxygen atoms in total. The molecule has 1 N–H and O–H groups in total. The van der Waals surface area contributed by atoms with Crippen LogP contribution in [-0.4, -0.2) is 24.1 Å². The molecule has 118 valence electrons. The predicted molar refractivity (Wildman–Crippen MR) is 94.6 cm³/mol. The lowest BCUT2D eigenvalue weighted by Gasteiger charge is -2.35. The number of nitrogens with zero attached hydrogens (tertiary/aromatic N) is 2. The van der Waals surface area contributed by atoms with Crippen molar-refractivity contribution in [2.24, 2.45) is 5.92 Å². The van der Waals surface area contributed by atoms with Gasteiger partial charge >= 0.3 is 0 Å². The Bertz CT molecular complexity index is 485. The molecular formula is C16H26IN3O. The number of rotatable bonds is 5. The molecule has 1 saturated carbocycles. The summed E-state index contributed by atoms with van der Waals surface area (Å²) >= 11 is 2.35. The van der Waals surface area contributed by atoms with Crippen LogP contribution in [0.25, 0.3) is 0 Å². The quantitative estimate of drug-likeness (QED) is 0.752. The Morgan fingerprint density at radius 1 is 1.24 bits per heavy atom. The number of nitrogens with one attached hydrogen (secondary N) is 1. The summed E-state index contributed by atoms with van der Waals surface area (Å²) in [5, 5.41) is 3.22. The maximum Gasteiger partial charge on any atom is 0.162 e. The minimum absolute atomic E-state index is 0.292. The molecule has 0 bridgehead atoms. The highest BCUT2D eigenvalue weighted by molar-refractivity contribution is 14.1. The molecule has 0 saturated heterocycles. The third-order valence-electron chi connectivity index (χ3n) is 4.22. The van der Waals surface area contributed by atoms with Gasteiger partial charge < -0.3 is 10.1 Å². The first kappa shape index (κ1) is 16.9. The maximum atomic E-state index is 5.91. The highest BCUT2D eigenvalue weighted by Crippen LogP contribution is 2.39. The van der Waals surface area contributed by atoms with E-state index in [1.54, 1.807) is 7.11 Å². The van der Waals surface area contributed by atoms with E-state index in [0.29, 0.717) is 5.92 Å². The minimum atomic E-state index is -0.292. The van der Waals surface area contributed by atoms with Gasteiger partial charge in [-0.3, -0.25) is 0 Å². The molecule has 0 aliphatic heterocycles. The van der Waals surface area contributed by atoms with Gasteiger partial charge in [0, 0.05) is 14.2 Å². The average molecular weight is 403 g/mol. The lowest BCUT2D eigenvalue weighted by molar-refractivity contribution is -0.0515. The zero-order valence-electron chi connectivity index (χ0n) is 13.5. The van der Waals surface area contributed by atoms with Crippen LogP contribution < -0.4 is 5.32 Å². The second kappa shape index (κ2) is 7.22. The molecule has 1 heterocycles. The number of hydrogen-bond donors (Lipinski definition) is 1. The third kappa shape index (κ3) is 3.67. The fourth-order valence-corrected chi connectivity index (χ4v) is 3.76. The van der Waals surface area contributed by atoms with Crippen LogP contribution in [0.15, 0.2) is 0 Å². The van der Waals surface area contributed by atoms with E-state index >= 15 is 0 Å². The van der Waals surface area contributed by atoms with Crippen LogP contribution in [0.3, 0.4) is 0 Å². The van der Waals surface area contributed by atoms with E-state index in [1.807, 2.05) is 7.05 Å². The van der Waals surface area contributed by atoms with Crippen molar-refractivity contribution in [3.8, 4) is 0 Å². The molecule has 1 aliphatic carbocycles. The Labute approximate surface area is 141 Å². The van der Waals surface area contributed by atoms with Gasteiger partial charge in [0.1, 0.15) is 11.4 Å². The van der Waals surface area contributed by atoms with Crippen molar-refractivity contribution in [1.82, 2.24) is 9.97 Å². The van der Waals surface area contributed by atoms with Crippen molar-refractivity contribution in [3.63, 3.8) is 0 Å². The molecule has 1 aromatic rings. The second-order valence-corrected chi connectivity index (χ2v) is 7.34. The monoisotopic (exact) mass is 403 g/mol. The van der Waals surface area contributed by atoms with Gasteiger partial charge in [-0.15, -0.1) is 0 Å². The van der Waals surface area contributed by atoms with Crippen LogP contribution in [0.4, 0.5) is 5.82 Å². The molecule has 0 spiro atoms. The van der Waals surface area contributed by atoms with Crippen molar-refractivity contribution in [2.75, 3.05) is 19.5 Å². The minimum Gasteiger partial charge on any atom is -0.372 e. The smallest absolute Gasteiger partial charge is 0.162 e. The number of anilines is 1. The fourth-order valence-electron chi connectivity index (χ4n) is 3.03. The molecule has 0 atom stereocenters. The molecule has 1 aliphatic rings. The van der Waals surface area contributed by atoms with Gasteiger partial charge in [-0.25, -0.2) is 9.97 Å². The molecule has 2 rings (SSSR count). The average Bonchev–Trinajstić information content (AvgIpc) is 2.49. The van der Waals surface area contributed by atoms with Crippen molar-refractivity contribution in [1.29, 1.82) is 0 Å². The number of ether oxygens (including phenoxy) is 1. The van der Waals surface area contributed by atoms with Gasteiger partial charge in [0.2, 0.25) is 0 Å². The van der Waals surface area contributed by atoms with E-state index in [1.165, 1.54) is 19.3 Å². The normalized spacial score (nSPS) is 18.0. The summed E-state index contributed by atoms with van der Waals surface area (Å²) < 4.78 is 7.04. The third-order valence-corrected chi connectivity index (χ3v) is 5.35. The van der Waals surface area contributed by atoms with Crippen molar-refractivity contribution in [3.05, 3.63) is 15.1 Å². The fraction of sp³-hybridized carbons (Fsp3) is 0.750. The van der Waals surface area contributed by atoms with E-state index in [-0.39, 0.29) is 5.60 Å². The van der Waals surface area contributed by atoms with Crippen LogP contribution in [0.5, 0.6) is 0 Å². The topological polar surface area (TPSA) is 47.0 Å². The summed E-state index contributed by atoms with van der Waals surface area (Å²) in [5.41, 5.74) is 0.849. The van der Waals surface area contributed by atoms with Gasteiger partial charge in [-0.2, -0.15) is 0 Å². The lowest BCUT2D eigenvalue weighted by Crippen LogP contribution is -2.34. The van der Waals surface area contributed by atoms with Gasteiger partial charge in [0.05, 0.1) is 9.26 Å². The van der Waals surface area contributed by atoms with E-state index in [0.717, 1.165) is 40.2 Å². The molecule has 0 unspecified atom stereocenters. The van der Waals surface area contributed by atoms with Gasteiger partial charge in [-0.05, 0) is 47.8 Å². The first-order valence-corrected chi connectivity index (χ1v) is 8.90. The first-order valence-electron chi connectivity index (χ1n) is 7.82. The van der Waals surface area contributed by atoms with Crippen LogP contribution in [-0.2, 0) is 16.8 Å². The van der Waals surface area contributed by atoms with Crippen molar-refractivity contribution < 1.29 is 4.74 Å². The van der Waals surface area contributed by atoms with Crippen molar-refractivity contribution >= 4 is 28.4 Å². The standard InChI is InChI=1S/C16H26IN3O/c1-11(2)10-12-13(17)14(18-3)20-15(19-12)16(21-4)8-6-5-7-9-16/h11H,5-10H2,1-4H3,(H,18,19,20). The zero-order valence-corrected chi connectivity index (χ0v) is 15.7. The summed E-state index contributed by atoms with van der Waals surface area (Å²) in [4.78, 5) is 9.67. The highest BCUT2D eigenvalue weighted by Gasteiger charge is 2.37. The number of halogens is 1. The van der Waals surface area contributed by atoms with Crippen LogP contribution in [0.1, 0.15) is 57.5 Å².